The smallest absolute Gasteiger partial charge is 0.137 e. The lowest BCUT2D eigenvalue weighted by atomic mass is 10.3. The topological polar surface area (TPSA) is 59.3 Å². The molecule has 72 valence electrons. The van der Waals surface area contributed by atoms with Crippen LogP contribution < -0.4 is 21.3 Å². The van der Waals surface area contributed by atoms with Gasteiger partial charge in [-0.2, -0.15) is 0 Å². The number of anilines is 1. The molecule has 0 aliphatic heterocycles. The highest BCUT2D eigenvalue weighted by molar-refractivity contribution is 6.32. The highest BCUT2D eigenvalue weighted by atomic mass is 35.5. The van der Waals surface area contributed by atoms with Gasteiger partial charge in [-0.3, -0.25) is 5.84 Å². The Balaban J connectivity index is 2.71. The maximum absolute atomic E-state index is 5.89. The molecule has 13 heavy (non-hydrogen) atoms. The quantitative estimate of drug-likeness (QED) is 0.389. The Hall–Kier alpha value is -0.970. The van der Waals surface area contributed by atoms with E-state index in [-0.39, 0.29) is 0 Å². The second-order valence-electron chi connectivity index (χ2n) is 2.41. The van der Waals surface area contributed by atoms with Crippen LogP contribution in [-0.2, 0) is 0 Å². The number of nitrogens with one attached hydrogen (secondary N) is 2. The molecule has 1 aromatic rings. The number of halogens is 1. The molecular weight excluding hydrogens is 190 g/mol. The molecule has 0 saturated carbocycles. The highest BCUT2D eigenvalue weighted by Gasteiger charge is 2.00. The maximum atomic E-state index is 5.89. The van der Waals surface area contributed by atoms with Crippen molar-refractivity contribution in [2.75, 3.05) is 19.1 Å². The number of benzene rings is 1. The molecule has 5 heteroatoms. The second kappa shape index (κ2) is 4.91. The number of hydrogen-bond acceptors (Lipinski definition) is 4. The van der Waals surface area contributed by atoms with E-state index in [4.69, 9.17) is 22.2 Å². The fourth-order valence-corrected chi connectivity index (χ4v) is 1.19. The Morgan fingerprint density at radius 1 is 1.54 bits per heavy atom. The van der Waals surface area contributed by atoms with Crippen LogP contribution in [0.2, 0.25) is 5.02 Å². The van der Waals surface area contributed by atoms with Crippen LogP contribution in [0.15, 0.2) is 18.2 Å². The van der Waals surface area contributed by atoms with Crippen LogP contribution >= 0.6 is 11.6 Å². The molecule has 1 rings (SSSR count). The van der Waals surface area contributed by atoms with E-state index in [1.54, 1.807) is 19.2 Å². The average molecular weight is 202 g/mol. The van der Waals surface area contributed by atoms with Crippen LogP contribution in [0, 0.1) is 0 Å². The first-order valence-electron chi connectivity index (χ1n) is 3.79. The van der Waals surface area contributed by atoms with E-state index in [1.807, 2.05) is 6.07 Å². The van der Waals surface area contributed by atoms with Gasteiger partial charge >= 0.3 is 0 Å². The zero-order chi connectivity index (χ0) is 9.68. The minimum atomic E-state index is 0.489. The number of nitrogens with two attached hydrogens (primary N) is 1. The summed E-state index contributed by atoms with van der Waals surface area (Å²) < 4.78 is 5.00. The van der Waals surface area contributed by atoms with Gasteiger partial charge in [0.2, 0.25) is 0 Å². The van der Waals surface area contributed by atoms with Crippen LogP contribution in [0.1, 0.15) is 0 Å². The molecule has 0 heterocycles. The van der Waals surface area contributed by atoms with Crippen molar-refractivity contribution in [3.05, 3.63) is 23.2 Å². The number of methoxy groups -OCH3 is 1. The molecule has 0 atom stereocenters. The van der Waals surface area contributed by atoms with Gasteiger partial charge in [-0.15, -0.1) is 0 Å². The van der Waals surface area contributed by atoms with Gasteiger partial charge in [0.25, 0.3) is 0 Å². The third-order valence-electron chi connectivity index (χ3n) is 1.55. The predicted molar refractivity (Wildman–Crippen MR) is 53.8 cm³/mol. The predicted octanol–water partition coefficient (Wildman–Crippen LogP) is 1.18. The van der Waals surface area contributed by atoms with Crippen molar-refractivity contribution in [1.82, 2.24) is 5.43 Å². The summed E-state index contributed by atoms with van der Waals surface area (Å²) in [5.41, 5.74) is 3.37. The normalized spacial score (nSPS) is 9.77. The van der Waals surface area contributed by atoms with E-state index in [2.05, 4.69) is 10.7 Å². The molecular formula is C8H12ClN3O. The molecule has 0 aliphatic rings. The van der Waals surface area contributed by atoms with E-state index in [1.165, 1.54) is 0 Å². The standard InChI is InChI=1S/C8H12ClN3O/c1-13-8-3-2-6(4-7(8)9)11-5-12-10/h2-4,11-12H,5,10H2,1H3. The van der Waals surface area contributed by atoms with Crippen molar-refractivity contribution >= 4 is 17.3 Å². The molecule has 0 saturated heterocycles. The van der Waals surface area contributed by atoms with E-state index in [0.717, 1.165) is 5.69 Å². The third-order valence-corrected chi connectivity index (χ3v) is 1.84. The van der Waals surface area contributed by atoms with Gasteiger partial charge in [-0.05, 0) is 18.2 Å². The Morgan fingerprint density at radius 2 is 2.31 bits per heavy atom. The molecule has 0 spiro atoms. The summed E-state index contributed by atoms with van der Waals surface area (Å²) in [6, 6.07) is 5.43. The second-order valence-corrected chi connectivity index (χ2v) is 2.81. The molecule has 4 N–H and O–H groups in total. The number of rotatable bonds is 4. The summed E-state index contributed by atoms with van der Waals surface area (Å²) in [7, 11) is 1.58. The van der Waals surface area contributed by atoms with E-state index >= 15 is 0 Å². The summed E-state index contributed by atoms with van der Waals surface area (Å²) in [6.45, 7) is 0.489. The summed E-state index contributed by atoms with van der Waals surface area (Å²) in [5.74, 6) is 5.76. The third kappa shape index (κ3) is 2.77. The molecule has 0 bridgehead atoms. The van der Waals surface area contributed by atoms with Crippen molar-refractivity contribution in [1.29, 1.82) is 0 Å². The van der Waals surface area contributed by atoms with Gasteiger partial charge in [0.05, 0.1) is 18.8 Å². The summed E-state index contributed by atoms with van der Waals surface area (Å²) in [4.78, 5) is 0. The SMILES string of the molecule is COc1ccc(NCNN)cc1Cl. The van der Waals surface area contributed by atoms with Gasteiger partial charge in [0.1, 0.15) is 5.75 Å². The molecule has 0 radical (unpaired) electrons. The molecule has 0 amide bonds. The first-order valence-corrected chi connectivity index (χ1v) is 4.16. The molecule has 0 aliphatic carbocycles. The Kier molecular flexibility index (Phi) is 3.82. The van der Waals surface area contributed by atoms with Crippen LogP contribution in [0.25, 0.3) is 0 Å². The van der Waals surface area contributed by atoms with Gasteiger partial charge in [0, 0.05) is 5.69 Å². The van der Waals surface area contributed by atoms with Crippen LogP contribution in [0.5, 0.6) is 5.75 Å². The number of hydrazine groups is 1. The fraction of sp³-hybridized carbons (Fsp3) is 0.250. The lowest BCUT2D eigenvalue weighted by Crippen LogP contribution is -2.28. The zero-order valence-corrected chi connectivity index (χ0v) is 8.06. The molecule has 4 nitrogen and oxygen atoms in total. The van der Waals surface area contributed by atoms with E-state index < -0.39 is 0 Å². The first kappa shape index (κ1) is 10.1. The van der Waals surface area contributed by atoms with Crippen molar-refractivity contribution in [3.8, 4) is 5.75 Å². The molecule has 0 fully saturated rings. The van der Waals surface area contributed by atoms with Gasteiger partial charge in [0.15, 0.2) is 0 Å². The van der Waals surface area contributed by atoms with Crippen molar-refractivity contribution in [2.24, 2.45) is 5.84 Å². The van der Waals surface area contributed by atoms with E-state index in [9.17, 15) is 0 Å². The Morgan fingerprint density at radius 3 is 2.85 bits per heavy atom. The Bertz CT molecular complexity index is 280. The Labute approximate surface area is 82.0 Å². The van der Waals surface area contributed by atoms with Crippen LogP contribution in [0.4, 0.5) is 5.69 Å². The maximum Gasteiger partial charge on any atom is 0.137 e. The highest BCUT2D eigenvalue weighted by Crippen LogP contribution is 2.26. The van der Waals surface area contributed by atoms with Crippen molar-refractivity contribution in [2.45, 2.75) is 0 Å². The lowest BCUT2D eigenvalue weighted by Gasteiger charge is -2.07. The average Bonchev–Trinajstić information content (AvgIpc) is 2.15. The largest absolute Gasteiger partial charge is 0.495 e. The summed E-state index contributed by atoms with van der Waals surface area (Å²) >= 11 is 5.89. The lowest BCUT2D eigenvalue weighted by molar-refractivity contribution is 0.415. The number of hydrogen-bond donors (Lipinski definition) is 3. The molecule has 1 aromatic carbocycles. The van der Waals surface area contributed by atoms with Gasteiger partial charge < -0.3 is 10.1 Å². The minimum Gasteiger partial charge on any atom is -0.495 e. The van der Waals surface area contributed by atoms with Crippen LogP contribution in [-0.4, -0.2) is 13.8 Å². The molecule has 0 aromatic heterocycles. The van der Waals surface area contributed by atoms with Crippen LogP contribution in [0.3, 0.4) is 0 Å². The van der Waals surface area contributed by atoms with E-state index in [0.29, 0.717) is 17.4 Å². The van der Waals surface area contributed by atoms with Gasteiger partial charge in [-0.1, -0.05) is 11.6 Å². The zero-order valence-electron chi connectivity index (χ0n) is 7.30. The van der Waals surface area contributed by atoms with Gasteiger partial charge in [-0.25, -0.2) is 5.43 Å². The van der Waals surface area contributed by atoms with Crippen molar-refractivity contribution in [3.63, 3.8) is 0 Å². The molecule has 0 unspecified atom stereocenters. The monoisotopic (exact) mass is 201 g/mol. The first-order chi connectivity index (χ1) is 6.27. The number of ether oxygens (including phenoxy) is 1. The fourth-order valence-electron chi connectivity index (χ4n) is 0.929. The summed E-state index contributed by atoms with van der Waals surface area (Å²) in [5, 5.41) is 3.58. The van der Waals surface area contributed by atoms with Crippen molar-refractivity contribution < 1.29 is 4.74 Å². The minimum absolute atomic E-state index is 0.489. The summed E-state index contributed by atoms with van der Waals surface area (Å²) in [6.07, 6.45) is 0.